The first-order chi connectivity index (χ1) is 11.6. The quantitative estimate of drug-likeness (QED) is 0.723. The zero-order valence-electron chi connectivity index (χ0n) is 13.9. The monoisotopic (exact) mass is 351 g/mol. The molecular formula is C17H21NO5S. The predicted octanol–water partition coefficient (Wildman–Crippen LogP) is 3.08. The van der Waals surface area contributed by atoms with Crippen LogP contribution >= 0.6 is 11.3 Å². The maximum Gasteiger partial charge on any atom is 0.305 e. The molecule has 1 aromatic carbocycles. The van der Waals surface area contributed by atoms with E-state index in [2.05, 4.69) is 5.32 Å². The lowest BCUT2D eigenvalue weighted by atomic mass is 10.1. The van der Waals surface area contributed by atoms with Crippen LogP contribution in [-0.2, 0) is 11.3 Å². The Kier molecular flexibility index (Phi) is 6.45. The standard InChI is InChI=1S/C17H21NO5S/c1-21-14-8-16(23-3)15(22-2)6-12(14)9-18-13(7-17(19)20)11-4-5-24-10-11/h4-6,8,10,13,18H,7,9H2,1-3H3,(H,19,20). The fourth-order valence-corrected chi connectivity index (χ4v) is 3.13. The average molecular weight is 351 g/mol. The molecule has 1 heterocycles. The van der Waals surface area contributed by atoms with Crippen molar-refractivity contribution in [2.75, 3.05) is 21.3 Å². The van der Waals surface area contributed by atoms with Gasteiger partial charge in [-0.15, -0.1) is 0 Å². The molecule has 2 N–H and O–H groups in total. The fourth-order valence-electron chi connectivity index (χ4n) is 2.42. The van der Waals surface area contributed by atoms with Gasteiger partial charge >= 0.3 is 5.97 Å². The number of methoxy groups -OCH3 is 3. The van der Waals surface area contributed by atoms with Crippen LogP contribution in [-0.4, -0.2) is 32.4 Å². The van der Waals surface area contributed by atoms with Gasteiger partial charge in [0.15, 0.2) is 11.5 Å². The minimum atomic E-state index is -0.849. The van der Waals surface area contributed by atoms with Crippen molar-refractivity contribution in [1.29, 1.82) is 0 Å². The van der Waals surface area contributed by atoms with Crippen molar-refractivity contribution in [2.45, 2.75) is 19.0 Å². The Morgan fingerprint density at radius 1 is 1.17 bits per heavy atom. The van der Waals surface area contributed by atoms with E-state index < -0.39 is 5.97 Å². The molecule has 0 aliphatic carbocycles. The number of carboxylic acid groups (broad SMARTS) is 1. The number of hydrogen-bond donors (Lipinski definition) is 2. The molecule has 0 bridgehead atoms. The lowest BCUT2D eigenvalue weighted by Gasteiger charge is -2.18. The van der Waals surface area contributed by atoms with Gasteiger partial charge in [0.05, 0.1) is 27.8 Å². The summed E-state index contributed by atoms with van der Waals surface area (Å²) in [6.45, 7) is 0.442. The number of rotatable bonds is 9. The summed E-state index contributed by atoms with van der Waals surface area (Å²) >= 11 is 1.54. The zero-order chi connectivity index (χ0) is 17.5. The summed E-state index contributed by atoms with van der Waals surface area (Å²) in [5, 5.41) is 16.3. The summed E-state index contributed by atoms with van der Waals surface area (Å²) in [7, 11) is 4.72. The molecule has 0 aliphatic heterocycles. The highest BCUT2D eigenvalue weighted by molar-refractivity contribution is 7.07. The summed E-state index contributed by atoms with van der Waals surface area (Å²) in [5.74, 6) is 0.982. The Labute approximate surface area is 145 Å². The maximum atomic E-state index is 11.1. The lowest BCUT2D eigenvalue weighted by molar-refractivity contribution is -0.137. The van der Waals surface area contributed by atoms with Crippen molar-refractivity contribution in [3.05, 3.63) is 40.1 Å². The third kappa shape index (κ3) is 4.39. The van der Waals surface area contributed by atoms with Crippen molar-refractivity contribution in [3.63, 3.8) is 0 Å². The Bertz CT molecular complexity index is 672. The molecule has 130 valence electrons. The minimum Gasteiger partial charge on any atom is -0.496 e. The number of carbonyl (C=O) groups is 1. The highest BCUT2D eigenvalue weighted by Crippen LogP contribution is 2.35. The summed E-state index contributed by atoms with van der Waals surface area (Å²) in [4.78, 5) is 11.1. The molecule has 1 unspecified atom stereocenters. The Morgan fingerprint density at radius 2 is 1.83 bits per heavy atom. The highest BCUT2D eigenvalue weighted by atomic mass is 32.1. The second-order valence-corrected chi connectivity index (χ2v) is 5.89. The fraction of sp³-hybridized carbons (Fsp3) is 0.353. The SMILES string of the molecule is COc1cc(OC)c(OC)cc1CNC(CC(=O)O)c1ccsc1. The summed E-state index contributed by atoms with van der Waals surface area (Å²) in [6, 6.07) is 5.24. The van der Waals surface area contributed by atoms with Gasteiger partial charge in [0.2, 0.25) is 0 Å². The first-order valence-corrected chi connectivity index (χ1v) is 8.29. The van der Waals surface area contributed by atoms with E-state index in [1.165, 1.54) is 0 Å². The molecule has 7 heteroatoms. The topological polar surface area (TPSA) is 77.0 Å². The van der Waals surface area contributed by atoms with Crippen LogP contribution in [0.5, 0.6) is 17.2 Å². The first kappa shape index (κ1) is 18.1. The molecule has 0 fully saturated rings. The van der Waals surface area contributed by atoms with Crippen molar-refractivity contribution in [2.24, 2.45) is 0 Å². The van der Waals surface area contributed by atoms with Crippen molar-refractivity contribution in [1.82, 2.24) is 5.32 Å². The van der Waals surface area contributed by atoms with E-state index in [1.807, 2.05) is 22.9 Å². The number of hydrogen-bond acceptors (Lipinski definition) is 6. The smallest absolute Gasteiger partial charge is 0.305 e. The largest absolute Gasteiger partial charge is 0.496 e. The molecule has 1 atom stereocenters. The van der Waals surface area contributed by atoms with E-state index in [9.17, 15) is 4.79 Å². The second kappa shape index (κ2) is 8.56. The van der Waals surface area contributed by atoms with Gasteiger partial charge in [0, 0.05) is 24.2 Å². The molecule has 0 aliphatic rings. The van der Waals surface area contributed by atoms with Gasteiger partial charge in [0.25, 0.3) is 0 Å². The van der Waals surface area contributed by atoms with Crippen LogP contribution in [0, 0.1) is 0 Å². The molecule has 0 spiro atoms. The number of benzene rings is 1. The van der Waals surface area contributed by atoms with Crippen molar-refractivity contribution >= 4 is 17.3 Å². The number of carboxylic acids is 1. The number of aliphatic carboxylic acids is 1. The summed E-state index contributed by atoms with van der Waals surface area (Å²) in [6.07, 6.45) is 0.00629. The number of nitrogens with one attached hydrogen (secondary N) is 1. The van der Waals surface area contributed by atoms with E-state index in [0.29, 0.717) is 23.8 Å². The van der Waals surface area contributed by atoms with Crippen LogP contribution in [0.15, 0.2) is 29.0 Å². The molecule has 0 saturated heterocycles. The second-order valence-electron chi connectivity index (χ2n) is 5.11. The number of thiophene rings is 1. The third-order valence-corrected chi connectivity index (χ3v) is 4.35. The van der Waals surface area contributed by atoms with Crippen LogP contribution in [0.1, 0.15) is 23.6 Å². The van der Waals surface area contributed by atoms with E-state index in [4.69, 9.17) is 19.3 Å². The highest BCUT2D eigenvalue weighted by Gasteiger charge is 2.18. The molecule has 6 nitrogen and oxygen atoms in total. The van der Waals surface area contributed by atoms with E-state index in [0.717, 1.165) is 11.1 Å². The van der Waals surface area contributed by atoms with Gasteiger partial charge in [-0.05, 0) is 28.5 Å². The van der Waals surface area contributed by atoms with Crippen molar-refractivity contribution < 1.29 is 24.1 Å². The van der Waals surface area contributed by atoms with Crippen LogP contribution in [0.2, 0.25) is 0 Å². The van der Waals surface area contributed by atoms with Gasteiger partial charge < -0.3 is 24.6 Å². The van der Waals surface area contributed by atoms with Gasteiger partial charge in [0.1, 0.15) is 5.75 Å². The average Bonchev–Trinajstić information content (AvgIpc) is 3.11. The van der Waals surface area contributed by atoms with Crippen LogP contribution < -0.4 is 19.5 Å². The molecule has 24 heavy (non-hydrogen) atoms. The predicted molar refractivity (Wildman–Crippen MR) is 92.3 cm³/mol. The van der Waals surface area contributed by atoms with E-state index in [-0.39, 0.29) is 12.5 Å². The molecule has 1 aromatic heterocycles. The Balaban J connectivity index is 2.20. The number of ether oxygens (including phenoxy) is 3. The van der Waals surface area contributed by atoms with E-state index in [1.54, 1.807) is 38.7 Å². The van der Waals surface area contributed by atoms with Gasteiger partial charge in [-0.3, -0.25) is 4.79 Å². The molecular weight excluding hydrogens is 330 g/mol. The third-order valence-electron chi connectivity index (χ3n) is 3.65. The first-order valence-electron chi connectivity index (χ1n) is 7.35. The maximum absolute atomic E-state index is 11.1. The lowest BCUT2D eigenvalue weighted by Crippen LogP contribution is -2.23. The van der Waals surface area contributed by atoms with Crippen LogP contribution in [0.3, 0.4) is 0 Å². The molecule has 2 rings (SSSR count). The summed E-state index contributed by atoms with van der Waals surface area (Å²) in [5.41, 5.74) is 1.82. The van der Waals surface area contributed by atoms with Gasteiger partial charge in [-0.2, -0.15) is 11.3 Å². The van der Waals surface area contributed by atoms with Crippen molar-refractivity contribution in [3.8, 4) is 17.2 Å². The van der Waals surface area contributed by atoms with Gasteiger partial charge in [-0.1, -0.05) is 0 Å². The minimum absolute atomic E-state index is 0.00629. The normalized spacial score (nSPS) is 11.8. The molecule has 0 amide bonds. The molecule has 0 saturated carbocycles. The molecule has 0 radical (unpaired) electrons. The van der Waals surface area contributed by atoms with Crippen LogP contribution in [0.4, 0.5) is 0 Å². The van der Waals surface area contributed by atoms with Crippen LogP contribution in [0.25, 0.3) is 0 Å². The van der Waals surface area contributed by atoms with E-state index >= 15 is 0 Å². The summed E-state index contributed by atoms with van der Waals surface area (Å²) < 4.78 is 16.0. The Morgan fingerprint density at radius 3 is 2.38 bits per heavy atom. The zero-order valence-corrected chi connectivity index (χ0v) is 14.7. The molecule has 2 aromatic rings. The van der Waals surface area contributed by atoms with Gasteiger partial charge in [-0.25, -0.2) is 0 Å². The Hall–Kier alpha value is -2.25.